The minimum absolute atomic E-state index is 0.0178. The molecular weight excluding hydrogens is 225 g/mol. The van der Waals surface area contributed by atoms with E-state index >= 15 is 0 Å². The van der Waals surface area contributed by atoms with Crippen LogP contribution in [0.2, 0.25) is 0 Å². The van der Waals surface area contributed by atoms with Crippen LogP contribution >= 0.6 is 0 Å². The van der Waals surface area contributed by atoms with Crippen LogP contribution in [0.5, 0.6) is 0 Å². The normalized spacial score (nSPS) is 11.6. The molecule has 0 aliphatic rings. The molecule has 1 heterocycles. The van der Waals surface area contributed by atoms with Gasteiger partial charge in [-0.05, 0) is 42.8 Å². The van der Waals surface area contributed by atoms with Gasteiger partial charge in [0.05, 0.1) is 5.69 Å². The second kappa shape index (κ2) is 4.52. The van der Waals surface area contributed by atoms with Gasteiger partial charge in [-0.25, -0.2) is 4.39 Å². The molecule has 1 aromatic heterocycles. The Morgan fingerprint density at radius 1 is 1.06 bits per heavy atom. The van der Waals surface area contributed by atoms with Gasteiger partial charge in [0.1, 0.15) is 5.82 Å². The van der Waals surface area contributed by atoms with Crippen molar-refractivity contribution in [2.45, 2.75) is 33.1 Å². The molecule has 0 amide bonds. The Hall–Kier alpha value is -1.70. The number of nitrogens with zero attached hydrogens (tertiary/aromatic N) is 1. The summed E-state index contributed by atoms with van der Waals surface area (Å²) < 4.78 is 13.1. The van der Waals surface area contributed by atoms with Crippen molar-refractivity contribution in [3.8, 4) is 11.3 Å². The van der Waals surface area contributed by atoms with Gasteiger partial charge in [-0.3, -0.25) is 4.98 Å². The first kappa shape index (κ1) is 12.7. The SMILES string of the molecule is Cc1cc(F)ccc1-c1cccc(C(C)(C)C)n1. The Labute approximate surface area is 108 Å². The van der Waals surface area contributed by atoms with E-state index < -0.39 is 0 Å². The summed E-state index contributed by atoms with van der Waals surface area (Å²) in [6.07, 6.45) is 0. The molecule has 2 aromatic rings. The summed E-state index contributed by atoms with van der Waals surface area (Å²) in [5, 5.41) is 0. The zero-order valence-corrected chi connectivity index (χ0v) is 11.3. The fourth-order valence-corrected chi connectivity index (χ4v) is 1.92. The van der Waals surface area contributed by atoms with Gasteiger partial charge in [-0.1, -0.05) is 26.8 Å². The first-order valence-corrected chi connectivity index (χ1v) is 6.12. The molecule has 0 atom stereocenters. The van der Waals surface area contributed by atoms with E-state index in [1.807, 2.05) is 25.1 Å². The number of aryl methyl sites for hydroxylation is 1. The summed E-state index contributed by atoms with van der Waals surface area (Å²) in [5.41, 5.74) is 3.86. The van der Waals surface area contributed by atoms with Crippen LogP contribution in [0.3, 0.4) is 0 Å². The van der Waals surface area contributed by atoms with E-state index in [-0.39, 0.29) is 11.2 Å². The molecule has 2 rings (SSSR count). The summed E-state index contributed by atoms with van der Waals surface area (Å²) in [6.45, 7) is 8.31. The lowest BCUT2D eigenvalue weighted by atomic mass is 9.91. The number of hydrogen-bond donors (Lipinski definition) is 0. The maximum atomic E-state index is 13.1. The van der Waals surface area contributed by atoms with Crippen LogP contribution in [0.15, 0.2) is 36.4 Å². The zero-order chi connectivity index (χ0) is 13.3. The standard InChI is InChI=1S/C16H18FN/c1-11-10-12(17)8-9-13(11)14-6-5-7-15(18-14)16(2,3)4/h5-10H,1-4H3. The van der Waals surface area contributed by atoms with Gasteiger partial charge >= 0.3 is 0 Å². The third-order valence-electron chi connectivity index (χ3n) is 2.98. The van der Waals surface area contributed by atoms with Crippen molar-refractivity contribution in [3.63, 3.8) is 0 Å². The number of aromatic nitrogens is 1. The summed E-state index contributed by atoms with van der Waals surface area (Å²) in [7, 11) is 0. The third kappa shape index (κ3) is 2.58. The van der Waals surface area contributed by atoms with Crippen LogP contribution in [-0.4, -0.2) is 4.98 Å². The number of pyridine rings is 1. The predicted molar refractivity (Wildman–Crippen MR) is 73.1 cm³/mol. The van der Waals surface area contributed by atoms with E-state index in [0.717, 1.165) is 22.5 Å². The lowest BCUT2D eigenvalue weighted by Gasteiger charge is -2.18. The van der Waals surface area contributed by atoms with Gasteiger partial charge in [0.15, 0.2) is 0 Å². The fourth-order valence-electron chi connectivity index (χ4n) is 1.92. The lowest BCUT2D eigenvalue weighted by Crippen LogP contribution is -2.13. The average molecular weight is 243 g/mol. The number of benzene rings is 1. The average Bonchev–Trinajstić information content (AvgIpc) is 2.28. The maximum absolute atomic E-state index is 13.1. The van der Waals surface area contributed by atoms with Gasteiger partial charge in [0.2, 0.25) is 0 Å². The highest BCUT2D eigenvalue weighted by Gasteiger charge is 2.16. The van der Waals surface area contributed by atoms with E-state index in [9.17, 15) is 4.39 Å². The topological polar surface area (TPSA) is 12.9 Å². The molecule has 0 aliphatic heterocycles. The molecule has 94 valence electrons. The monoisotopic (exact) mass is 243 g/mol. The molecule has 0 fully saturated rings. The maximum Gasteiger partial charge on any atom is 0.123 e. The van der Waals surface area contributed by atoms with Crippen molar-refractivity contribution in [3.05, 3.63) is 53.5 Å². The summed E-state index contributed by atoms with van der Waals surface area (Å²) in [4.78, 5) is 4.68. The highest BCUT2D eigenvalue weighted by molar-refractivity contribution is 5.63. The quantitative estimate of drug-likeness (QED) is 0.719. The van der Waals surface area contributed by atoms with E-state index in [1.165, 1.54) is 6.07 Å². The molecule has 1 nitrogen and oxygen atoms in total. The highest BCUT2D eigenvalue weighted by atomic mass is 19.1. The molecule has 0 aliphatic carbocycles. The molecular formula is C16H18FN. The van der Waals surface area contributed by atoms with Crippen LogP contribution < -0.4 is 0 Å². The van der Waals surface area contributed by atoms with Gasteiger partial charge in [0, 0.05) is 16.7 Å². The van der Waals surface area contributed by atoms with Crippen LogP contribution in [-0.2, 0) is 5.41 Å². The fraction of sp³-hybridized carbons (Fsp3) is 0.312. The molecule has 0 unspecified atom stereocenters. The Morgan fingerprint density at radius 2 is 1.78 bits per heavy atom. The second-order valence-electron chi connectivity index (χ2n) is 5.62. The molecule has 0 radical (unpaired) electrons. The van der Waals surface area contributed by atoms with Crippen LogP contribution in [0.1, 0.15) is 32.0 Å². The Balaban J connectivity index is 2.51. The van der Waals surface area contributed by atoms with Crippen LogP contribution in [0.4, 0.5) is 4.39 Å². The Morgan fingerprint density at radius 3 is 2.39 bits per heavy atom. The first-order valence-electron chi connectivity index (χ1n) is 6.12. The molecule has 18 heavy (non-hydrogen) atoms. The van der Waals surface area contributed by atoms with Crippen molar-refractivity contribution < 1.29 is 4.39 Å². The van der Waals surface area contributed by atoms with Gasteiger partial charge in [-0.15, -0.1) is 0 Å². The smallest absolute Gasteiger partial charge is 0.123 e. The Kier molecular flexibility index (Phi) is 3.20. The number of hydrogen-bond acceptors (Lipinski definition) is 1. The number of rotatable bonds is 1. The van der Waals surface area contributed by atoms with Crippen molar-refractivity contribution in [1.82, 2.24) is 4.98 Å². The van der Waals surface area contributed by atoms with E-state index in [0.29, 0.717) is 0 Å². The van der Waals surface area contributed by atoms with Gasteiger partial charge in [0.25, 0.3) is 0 Å². The summed E-state index contributed by atoms with van der Waals surface area (Å²) >= 11 is 0. The van der Waals surface area contributed by atoms with E-state index in [2.05, 4.69) is 25.8 Å². The van der Waals surface area contributed by atoms with E-state index in [1.54, 1.807) is 12.1 Å². The van der Waals surface area contributed by atoms with Crippen molar-refractivity contribution in [2.75, 3.05) is 0 Å². The molecule has 1 aromatic carbocycles. The van der Waals surface area contributed by atoms with Crippen molar-refractivity contribution in [1.29, 1.82) is 0 Å². The lowest BCUT2D eigenvalue weighted by molar-refractivity contribution is 0.569. The minimum atomic E-state index is -0.205. The summed E-state index contributed by atoms with van der Waals surface area (Å²) in [6, 6.07) is 10.8. The van der Waals surface area contributed by atoms with Crippen LogP contribution in [0.25, 0.3) is 11.3 Å². The first-order chi connectivity index (χ1) is 8.38. The Bertz CT molecular complexity index is 568. The molecule has 2 heteroatoms. The highest BCUT2D eigenvalue weighted by Crippen LogP contribution is 2.26. The van der Waals surface area contributed by atoms with Crippen molar-refractivity contribution in [2.24, 2.45) is 0 Å². The molecule has 0 bridgehead atoms. The predicted octanol–water partition coefficient (Wildman–Crippen LogP) is 4.49. The summed E-state index contributed by atoms with van der Waals surface area (Å²) in [5.74, 6) is -0.205. The van der Waals surface area contributed by atoms with Crippen LogP contribution in [0, 0.1) is 12.7 Å². The largest absolute Gasteiger partial charge is 0.252 e. The zero-order valence-electron chi connectivity index (χ0n) is 11.3. The number of halogens is 1. The molecule has 0 saturated carbocycles. The molecule has 0 saturated heterocycles. The second-order valence-corrected chi connectivity index (χ2v) is 5.62. The molecule has 0 N–H and O–H groups in total. The van der Waals surface area contributed by atoms with E-state index in [4.69, 9.17) is 0 Å². The van der Waals surface area contributed by atoms with Gasteiger partial charge < -0.3 is 0 Å². The van der Waals surface area contributed by atoms with Crippen molar-refractivity contribution >= 4 is 0 Å². The minimum Gasteiger partial charge on any atom is -0.252 e. The third-order valence-corrected chi connectivity index (χ3v) is 2.98. The molecule has 0 spiro atoms. The van der Waals surface area contributed by atoms with Gasteiger partial charge in [-0.2, -0.15) is 0 Å².